The van der Waals surface area contributed by atoms with Gasteiger partial charge in [-0.1, -0.05) is 23.2 Å². The predicted molar refractivity (Wildman–Crippen MR) is 88.3 cm³/mol. The molecule has 1 aromatic heterocycles. The Labute approximate surface area is 135 Å². The fourth-order valence-corrected chi connectivity index (χ4v) is 5.74. The van der Waals surface area contributed by atoms with Crippen molar-refractivity contribution in [3.8, 4) is 0 Å². The summed E-state index contributed by atoms with van der Waals surface area (Å²) < 4.78 is 0. The molecule has 4 bridgehead atoms. The Bertz CT molecular complexity index is 538. The van der Waals surface area contributed by atoms with E-state index in [1.165, 1.54) is 38.5 Å². The fraction of sp³-hybridized carbons (Fsp3) is 0.688. The number of nitrogens with one attached hydrogen (secondary N) is 2. The SMILES string of the molecule is CNc1nc(NC23CC4CC(CC(C4)C2)C3)c(Cl)cc1Cl. The maximum absolute atomic E-state index is 6.36. The standard InChI is InChI=1S/C16H21Cl2N3/c1-19-14-12(17)5-13(18)15(20-14)21-16-6-9-2-10(7-16)4-11(3-9)8-16/h5,9-11H,2-4,6-8H2,1H3,(H2,19,20,21). The molecule has 4 aliphatic rings. The Kier molecular flexibility index (Phi) is 3.27. The van der Waals surface area contributed by atoms with Gasteiger partial charge in [0, 0.05) is 12.6 Å². The molecule has 1 aromatic rings. The molecule has 114 valence electrons. The lowest BCUT2D eigenvalue weighted by molar-refractivity contribution is 0.0105. The second-order valence-electron chi connectivity index (χ2n) is 7.22. The molecule has 1 heterocycles. The van der Waals surface area contributed by atoms with Crippen LogP contribution >= 0.6 is 23.2 Å². The summed E-state index contributed by atoms with van der Waals surface area (Å²) in [6, 6.07) is 1.78. The molecule has 4 fully saturated rings. The molecule has 0 aliphatic heterocycles. The van der Waals surface area contributed by atoms with Crippen LogP contribution in [0.15, 0.2) is 6.07 Å². The number of halogens is 2. The van der Waals surface area contributed by atoms with Crippen LogP contribution in [0.25, 0.3) is 0 Å². The molecule has 3 nitrogen and oxygen atoms in total. The Balaban J connectivity index is 1.64. The largest absolute Gasteiger partial charge is 0.372 e. The monoisotopic (exact) mass is 325 g/mol. The molecule has 0 radical (unpaired) electrons. The maximum atomic E-state index is 6.36. The lowest BCUT2D eigenvalue weighted by Crippen LogP contribution is -2.54. The van der Waals surface area contributed by atoms with Gasteiger partial charge in [0.1, 0.15) is 11.6 Å². The maximum Gasteiger partial charge on any atom is 0.147 e. The first-order valence-electron chi connectivity index (χ1n) is 7.89. The number of hydrogen-bond acceptors (Lipinski definition) is 3. The minimum Gasteiger partial charge on any atom is -0.372 e. The van der Waals surface area contributed by atoms with E-state index in [4.69, 9.17) is 23.2 Å². The zero-order valence-corrected chi connectivity index (χ0v) is 13.8. The van der Waals surface area contributed by atoms with Crippen molar-refractivity contribution in [2.75, 3.05) is 17.7 Å². The highest BCUT2D eigenvalue weighted by Gasteiger charge is 2.51. The van der Waals surface area contributed by atoms with Crippen LogP contribution in [0.1, 0.15) is 38.5 Å². The minimum absolute atomic E-state index is 0.213. The molecular formula is C16H21Cl2N3. The van der Waals surface area contributed by atoms with Crippen LogP contribution in [0, 0.1) is 17.8 Å². The predicted octanol–water partition coefficient (Wildman–Crippen LogP) is 4.81. The van der Waals surface area contributed by atoms with E-state index < -0.39 is 0 Å². The van der Waals surface area contributed by atoms with Crippen molar-refractivity contribution in [1.29, 1.82) is 0 Å². The number of anilines is 2. The van der Waals surface area contributed by atoms with Crippen molar-refractivity contribution < 1.29 is 0 Å². The van der Waals surface area contributed by atoms with Crippen LogP contribution in [-0.2, 0) is 0 Å². The number of hydrogen-bond donors (Lipinski definition) is 2. The van der Waals surface area contributed by atoms with E-state index >= 15 is 0 Å². The molecular weight excluding hydrogens is 305 g/mol. The molecule has 21 heavy (non-hydrogen) atoms. The van der Waals surface area contributed by atoms with E-state index in [2.05, 4.69) is 15.6 Å². The summed E-state index contributed by atoms with van der Waals surface area (Å²) in [5.41, 5.74) is 0.213. The third-order valence-electron chi connectivity index (χ3n) is 5.59. The van der Waals surface area contributed by atoms with Gasteiger partial charge in [-0.15, -0.1) is 0 Å². The molecule has 0 unspecified atom stereocenters. The van der Waals surface area contributed by atoms with E-state index in [1.54, 1.807) is 6.07 Å². The summed E-state index contributed by atoms with van der Waals surface area (Å²) >= 11 is 12.5. The third-order valence-corrected chi connectivity index (χ3v) is 6.16. The fourth-order valence-electron chi connectivity index (χ4n) is 5.24. The van der Waals surface area contributed by atoms with Gasteiger partial charge in [0.15, 0.2) is 0 Å². The molecule has 0 aromatic carbocycles. The smallest absolute Gasteiger partial charge is 0.147 e. The summed E-state index contributed by atoms with van der Waals surface area (Å²) in [5.74, 6) is 4.18. The number of rotatable bonds is 3. The van der Waals surface area contributed by atoms with Crippen LogP contribution in [0.3, 0.4) is 0 Å². The first-order valence-corrected chi connectivity index (χ1v) is 8.64. The molecule has 0 saturated heterocycles. The molecule has 5 heteroatoms. The van der Waals surface area contributed by atoms with Crippen LogP contribution in [0.5, 0.6) is 0 Å². The Morgan fingerprint density at radius 3 is 2.05 bits per heavy atom. The van der Waals surface area contributed by atoms with E-state index in [-0.39, 0.29) is 5.54 Å². The molecule has 4 aliphatic carbocycles. The highest BCUT2D eigenvalue weighted by molar-refractivity contribution is 6.37. The first-order chi connectivity index (χ1) is 10.1. The summed E-state index contributed by atoms with van der Waals surface area (Å²) in [7, 11) is 1.83. The Morgan fingerprint density at radius 2 is 1.52 bits per heavy atom. The quantitative estimate of drug-likeness (QED) is 0.837. The normalized spacial score (nSPS) is 36.8. The summed E-state index contributed by atoms with van der Waals surface area (Å²) in [5, 5.41) is 7.93. The van der Waals surface area contributed by atoms with Gasteiger partial charge < -0.3 is 10.6 Å². The van der Waals surface area contributed by atoms with Crippen molar-refractivity contribution >= 4 is 34.8 Å². The van der Waals surface area contributed by atoms with Crippen LogP contribution in [0.2, 0.25) is 10.0 Å². The number of nitrogens with zero attached hydrogens (tertiary/aromatic N) is 1. The summed E-state index contributed by atoms with van der Waals surface area (Å²) in [4.78, 5) is 4.58. The molecule has 0 spiro atoms. The van der Waals surface area contributed by atoms with Gasteiger partial charge in [-0.3, -0.25) is 0 Å². The second kappa shape index (κ2) is 4.92. The number of aromatic nitrogens is 1. The van der Waals surface area contributed by atoms with Crippen LogP contribution in [-0.4, -0.2) is 17.6 Å². The summed E-state index contributed by atoms with van der Waals surface area (Å²) in [6.45, 7) is 0. The molecule has 0 amide bonds. The van der Waals surface area contributed by atoms with E-state index in [1.807, 2.05) is 7.05 Å². The molecule has 5 rings (SSSR count). The van der Waals surface area contributed by atoms with E-state index in [0.29, 0.717) is 15.9 Å². The van der Waals surface area contributed by atoms with E-state index in [0.717, 1.165) is 23.6 Å². The topological polar surface area (TPSA) is 37.0 Å². The van der Waals surface area contributed by atoms with Crippen molar-refractivity contribution in [1.82, 2.24) is 4.98 Å². The summed E-state index contributed by atoms with van der Waals surface area (Å²) in [6.07, 6.45) is 8.12. The van der Waals surface area contributed by atoms with Gasteiger partial charge in [0.05, 0.1) is 10.0 Å². The average Bonchev–Trinajstić information content (AvgIpc) is 2.40. The first kappa shape index (κ1) is 14.0. The average molecular weight is 326 g/mol. The zero-order valence-electron chi connectivity index (χ0n) is 12.3. The third kappa shape index (κ3) is 2.39. The lowest BCUT2D eigenvalue weighted by Gasteiger charge is -2.57. The van der Waals surface area contributed by atoms with Gasteiger partial charge >= 0.3 is 0 Å². The minimum atomic E-state index is 0.213. The highest BCUT2D eigenvalue weighted by Crippen LogP contribution is 2.56. The van der Waals surface area contributed by atoms with Gasteiger partial charge in [-0.2, -0.15) is 0 Å². The van der Waals surface area contributed by atoms with Gasteiger partial charge in [0.2, 0.25) is 0 Å². The van der Waals surface area contributed by atoms with E-state index in [9.17, 15) is 0 Å². The second-order valence-corrected chi connectivity index (χ2v) is 8.04. The lowest BCUT2D eigenvalue weighted by atomic mass is 9.53. The Morgan fingerprint density at radius 1 is 1.00 bits per heavy atom. The van der Waals surface area contributed by atoms with Crippen LogP contribution in [0.4, 0.5) is 11.6 Å². The zero-order chi connectivity index (χ0) is 14.6. The van der Waals surface area contributed by atoms with Crippen molar-refractivity contribution in [3.05, 3.63) is 16.1 Å². The van der Waals surface area contributed by atoms with Crippen molar-refractivity contribution in [2.45, 2.75) is 44.1 Å². The van der Waals surface area contributed by atoms with Crippen molar-refractivity contribution in [2.24, 2.45) is 17.8 Å². The van der Waals surface area contributed by atoms with Gasteiger partial charge in [-0.25, -0.2) is 4.98 Å². The number of pyridine rings is 1. The molecule has 4 saturated carbocycles. The molecule has 2 N–H and O–H groups in total. The van der Waals surface area contributed by atoms with Crippen molar-refractivity contribution in [3.63, 3.8) is 0 Å². The Hall–Kier alpha value is -0.670. The molecule has 0 atom stereocenters. The van der Waals surface area contributed by atoms with Gasteiger partial charge in [-0.05, 0) is 62.3 Å². The van der Waals surface area contributed by atoms with Crippen LogP contribution < -0.4 is 10.6 Å². The highest BCUT2D eigenvalue weighted by atomic mass is 35.5. The van der Waals surface area contributed by atoms with Gasteiger partial charge in [0.25, 0.3) is 0 Å².